The van der Waals surface area contributed by atoms with Crippen LogP contribution in [0.3, 0.4) is 0 Å². The van der Waals surface area contributed by atoms with Gasteiger partial charge >= 0.3 is 11.9 Å². The maximum Gasteiger partial charge on any atom is 0.335 e. The molecule has 1 saturated heterocycles. The summed E-state index contributed by atoms with van der Waals surface area (Å²) < 4.78 is 0. The minimum atomic E-state index is -0.941. The number of hydrogen-bond donors (Lipinski definition) is 3. The highest BCUT2D eigenvalue weighted by Crippen LogP contribution is 2.73. The molecule has 1 heterocycles. The zero-order valence-corrected chi connectivity index (χ0v) is 29.9. The highest BCUT2D eigenvalue weighted by Gasteiger charge is 2.66. The molecule has 0 bridgehead atoms. The van der Waals surface area contributed by atoms with Gasteiger partial charge in [-0.1, -0.05) is 52.3 Å². The van der Waals surface area contributed by atoms with Crippen molar-refractivity contribution in [3.05, 3.63) is 41.5 Å². The van der Waals surface area contributed by atoms with Gasteiger partial charge in [0.25, 0.3) is 0 Å². The topological polar surface area (TPSA) is 124 Å². The molecule has 1 aromatic carbocycles. The van der Waals surface area contributed by atoms with Crippen LogP contribution in [0.5, 0.6) is 0 Å². The van der Waals surface area contributed by atoms with Crippen LogP contribution in [0.4, 0.5) is 0 Å². The summed E-state index contributed by atoms with van der Waals surface area (Å²) in [6.45, 7) is 10.8. The van der Waals surface area contributed by atoms with Crippen LogP contribution in [-0.4, -0.2) is 58.0 Å². The third-order valence-electron chi connectivity index (χ3n) is 15.5. The summed E-state index contributed by atoms with van der Waals surface area (Å²) in [4.78, 5) is 51.5. The molecule has 1 aliphatic heterocycles. The number of carbonyl (C=O) groups excluding carboxylic acids is 2. The molecule has 266 valence electrons. The van der Waals surface area contributed by atoms with E-state index in [4.69, 9.17) is 0 Å². The van der Waals surface area contributed by atoms with Crippen LogP contribution in [0.15, 0.2) is 30.3 Å². The van der Waals surface area contributed by atoms with Gasteiger partial charge in [0.1, 0.15) is 6.04 Å². The highest BCUT2D eigenvalue weighted by molar-refractivity contribution is 5.88. The third kappa shape index (κ3) is 5.28. The van der Waals surface area contributed by atoms with Gasteiger partial charge < -0.3 is 20.4 Å². The van der Waals surface area contributed by atoms with Crippen LogP contribution in [0, 0.1) is 51.2 Å². The second kappa shape index (κ2) is 12.3. The third-order valence-corrected chi connectivity index (χ3v) is 15.5. The number of carboxylic acid groups (broad SMARTS) is 2. The van der Waals surface area contributed by atoms with E-state index >= 15 is 0 Å². The van der Waals surface area contributed by atoms with Gasteiger partial charge in [-0.2, -0.15) is 0 Å². The normalized spacial score (nSPS) is 39.1. The van der Waals surface area contributed by atoms with Crippen molar-refractivity contribution in [2.24, 2.45) is 51.2 Å². The van der Waals surface area contributed by atoms with Gasteiger partial charge in [0.2, 0.25) is 11.8 Å². The molecule has 3 N–H and O–H groups in total. The number of benzene rings is 1. The first-order valence-electron chi connectivity index (χ1n) is 19.1. The largest absolute Gasteiger partial charge is 0.480 e. The second-order valence-corrected chi connectivity index (χ2v) is 17.7. The summed E-state index contributed by atoms with van der Waals surface area (Å²) >= 11 is 0. The van der Waals surface area contributed by atoms with Crippen molar-refractivity contribution in [1.29, 1.82) is 0 Å². The average molecular weight is 673 g/mol. The molecule has 5 unspecified atom stereocenters. The summed E-state index contributed by atoms with van der Waals surface area (Å²) in [5.74, 6) is 0.862. The SMILES string of the molecule is CC1(C)C(c2ccc(C(=O)O)cc2)=CC[C@@]2(C)C1CC[C@@]1(C)C3CC[C@@]4(C(=O)NCCC(=O)N5CCCC5C(=O)O)CCCC4[C@H]3CCC12. The van der Waals surface area contributed by atoms with Crippen LogP contribution in [0.1, 0.15) is 127 Å². The highest BCUT2D eigenvalue weighted by atomic mass is 16.4. The van der Waals surface area contributed by atoms with E-state index in [2.05, 4.69) is 39.1 Å². The van der Waals surface area contributed by atoms with Gasteiger partial charge in [-0.25, -0.2) is 9.59 Å². The van der Waals surface area contributed by atoms with E-state index in [-0.39, 0.29) is 46.4 Å². The molecule has 0 radical (unpaired) electrons. The molecule has 2 amide bonds. The minimum absolute atomic E-state index is 0.0220. The van der Waals surface area contributed by atoms with Crippen LogP contribution in [-0.2, 0) is 14.4 Å². The van der Waals surface area contributed by atoms with E-state index in [9.17, 15) is 29.4 Å². The van der Waals surface area contributed by atoms with Gasteiger partial charge in [0.05, 0.1) is 11.0 Å². The Bertz CT molecular complexity index is 1550. The number of amides is 2. The summed E-state index contributed by atoms with van der Waals surface area (Å²) in [7, 11) is 0. The fourth-order valence-corrected chi connectivity index (χ4v) is 13.4. The Morgan fingerprint density at radius 2 is 1.57 bits per heavy atom. The number of aliphatic carboxylic acids is 1. The van der Waals surface area contributed by atoms with E-state index in [0.717, 1.165) is 44.1 Å². The number of likely N-dealkylation sites (tertiary alicyclic amines) is 1. The monoisotopic (exact) mass is 672 g/mol. The Hall–Kier alpha value is -3.16. The number of hydrogen-bond acceptors (Lipinski definition) is 4. The van der Waals surface area contributed by atoms with Crippen molar-refractivity contribution in [2.45, 2.75) is 117 Å². The molecule has 0 spiro atoms. The summed E-state index contributed by atoms with van der Waals surface area (Å²) in [6, 6.07) is 6.71. The van der Waals surface area contributed by atoms with Crippen LogP contribution in [0.25, 0.3) is 5.57 Å². The fourth-order valence-electron chi connectivity index (χ4n) is 13.4. The number of aromatic carboxylic acids is 1. The minimum Gasteiger partial charge on any atom is -0.480 e. The number of nitrogens with one attached hydrogen (secondary N) is 1. The van der Waals surface area contributed by atoms with Crippen molar-refractivity contribution in [3.63, 3.8) is 0 Å². The second-order valence-electron chi connectivity index (χ2n) is 17.7. The molecular weight excluding hydrogens is 616 g/mol. The van der Waals surface area contributed by atoms with E-state index < -0.39 is 18.0 Å². The molecule has 4 saturated carbocycles. The quantitative estimate of drug-likeness (QED) is 0.277. The lowest BCUT2D eigenvalue weighted by molar-refractivity contribution is -0.181. The van der Waals surface area contributed by atoms with E-state index in [1.807, 2.05) is 12.1 Å². The number of nitrogens with zero attached hydrogens (tertiary/aromatic N) is 1. The average Bonchev–Trinajstić information content (AvgIpc) is 3.73. The maximum atomic E-state index is 14.1. The van der Waals surface area contributed by atoms with E-state index in [1.165, 1.54) is 36.2 Å². The number of carboxylic acids is 2. The molecule has 0 aromatic heterocycles. The first-order chi connectivity index (χ1) is 23.2. The number of fused-ring (bicyclic) bond motifs is 7. The molecule has 8 heteroatoms. The molecule has 5 fully saturated rings. The Labute approximate surface area is 291 Å². The fraction of sp³-hybridized carbons (Fsp3) is 0.707. The maximum absolute atomic E-state index is 14.1. The number of allylic oxidation sites excluding steroid dienone is 2. The number of rotatable bonds is 7. The molecule has 8 nitrogen and oxygen atoms in total. The lowest BCUT2D eigenvalue weighted by atomic mass is 9.36. The van der Waals surface area contributed by atoms with Gasteiger partial charge in [-0.15, -0.1) is 0 Å². The van der Waals surface area contributed by atoms with Crippen LogP contribution in [0.2, 0.25) is 0 Å². The van der Waals surface area contributed by atoms with Gasteiger partial charge in [0, 0.05) is 19.5 Å². The Morgan fingerprint density at radius 1 is 0.816 bits per heavy atom. The van der Waals surface area contributed by atoms with Crippen molar-refractivity contribution in [3.8, 4) is 0 Å². The predicted octanol–water partition coefficient (Wildman–Crippen LogP) is 7.43. The molecule has 9 atom stereocenters. The zero-order valence-electron chi connectivity index (χ0n) is 29.9. The Balaban J connectivity index is 1.06. The molecule has 6 aliphatic rings. The smallest absolute Gasteiger partial charge is 0.335 e. The van der Waals surface area contributed by atoms with Gasteiger partial charge in [-0.3, -0.25) is 9.59 Å². The van der Waals surface area contributed by atoms with Crippen molar-refractivity contribution in [1.82, 2.24) is 10.2 Å². The molecule has 5 aliphatic carbocycles. The summed E-state index contributed by atoms with van der Waals surface area (Å²) in [5, 5.41) is 22.1. The molecule has 49 heavy (non-hydrogen) atoms. The molecular formula is C41H56N2O6. The van der Waals surface area contributed by atoms with Gasteiger partial charge in [0.15, 0.2) is 0 Å². The Kier molecular flexibility index (Phi) is 8.58. The van der Waals surface area contributed by atoms with Crippen molar-refractivity contribution < 1.29 is 29.4 Å². The van der Waals surface area contributed by atoms with Gasteiger partial charge in [-0.05, 0) is 140 Å². The predicted molar refractivity (Wildman–Crippen MR) is 187 cm³/mol. The van der Waals surface area contributed by atoms with E-state index in [1.54, 1.807) is 12.1 Å². The van der Waals surface area contributed by atoms with Crippen molar-refractivity contribution in [2.75, 3.05) is 13.1 Å². The van der Waals surface area contributed by atoms with Crippen LogP contribution >= 0.6 is 0 Å². The lowest BCUT2D eigenvalue weighted by Crippen LogP contribution is -2.62. The molecule has 7 rings (SSSR count). The van der Waals surface area contributed by atoms with Crippen LogP contribution < -0.4 is 5.32 Å². The Morgan fingerprint density at radius 3 is 2.29 bits per heavy atom. The summed E-state index contributed by atoms with van der Waals surface area (Å²) in [6.07, 6.45) is 14.8. The lowest BCUT2D eigenvalue weighted by Gasteiger charge is -2.68. The first kappa shape index (κ1) is 34.3. The van der Waals surface area contributed by atoms with E-state index in [0.29, 0.717) is 54.5 Å². The summed E-state index contributed by atoms with van der Waals surface area (Å²) in [5.41, 5.74) is 2.89. The standard InChI is InChI=1S/C41H56N2O6/c1-38(2)28(25-9-11-26(12-10-25)35(45)46)15-20-40(4)32(38)17-21-39(3)29-16-22-41(19-5-7-30(41)27(29)13-14-33(39)40)37(49)42-23-18-34(44)43-24-6-8-31(43)36(47)48/h9-12,15,27,29-33H,5-8,13-14,16-24H2,1-4H3,(H,42,49)(H,45,46)(H,47,48)/t27-,29?,30?,31?,32?,33?,39-,40-,41-/m0/s1. The van der Waals surface area contributed by atoms with Crippen molar-refractivity contribution >= 4 is 29.3 Å². The first-order valence-corrected chi connectivity index (χ1v) is 19.1. The number of carbonyl (C=O) groups is 4. The molecule has 1 aromatic rings. The zero-order chi connectivity index (χ0) is 34.9.